The quantitative estimate of drug-likeness (QED) is 0.606. The monoisotopic (exact) mass is 158 g/mol. The summed E-state index contributed by atoms with van der Waals surface area (Å²) in [5.41, 5.74) is 0. The van der Waals surface area contributed by atoms with Crippen molar-refractivity contribution in [2.45, 2.75) is 38.4 Å². The van der Waals surface area contributed by atoms with Gasteiger partial charge in [0, 0.05) is 32.3 Å². The number of Topliss-reactive ketones (excluding diaryl/α,β-unsaturated/α-hetero) is 1. The lowest BCUT2D eigenvalue weighted by Crippen LogP contribution is -2.37. The fourth-order valence-electron chi connectivity index (χ4n) is 1.33. The van der Waals surface area contributed by atoms with Crippen LogP contribution in [0.2, 0.25) is 0 Å². The largest absolute Gasteiger partial charge is 0.365 e. The van der Waals surface area contributed by atoms with Gasteiger partial charge in [-0.05, 0) is 6.92 Å². The van der Waals surface area contributed by atoms with E-state index in [1.54, 1.807) is 0 Å². The van der Waals surface area contributed by atoms with Gasteiger partial charge < -0.3 is 9.84 Å². The van der Waals surface area contributed by atoms with Crippen molar-refractivity contribution in [3.05, 3.63) is 0 Å². The Hall–Kier alpha value is -0.410. The zero-order valence-electron chi connectivity index (χ0n) is 6.80. The Morgan fingerprint density at radius 2 is 2.09 bits per heavy atom. The molecule has 1 aliphatic rings. The minimum absolute atomic E-state index is 0.231. The predicted octanol–water partition coefficient (Wildman–Crippen LogP) is 0.855. The number of aliphatic hydroxyl groups is 1. The molecule has 0 aromatic carbocycles. The highest BCUT2D eigenvalue weighted by Gasteiger charge is 2.32. The van der Waals surface area contributed by atoms with Gasteiger partial charge in [-0.2, -0.15) is 0 Å². The molecule has 0 unspecified atom stereocenters. The van der Waals surface area contributed by atoms with Crippen LogP contribution >= 0.6 is 0 Å². The summed E-state index contributed by atoms with van der Waals surface area (Å²) in [5.74, 6) is -0.780. The topological polar surface area (TPSA) is 46.5 Å². The maximum absolute atomic E-state index is 10.8. The lowest BCUT2D eigenvalue weighted by Gasteiger charge is -2.30. The molecular weight excluding hydrogens is 144 g/mol. The van der Waals surface area contributed by atoms with Crippen LogP contribution in [0.3, 0.4) is 0 Å². The van der Waals surface area contributed by atoms with E-state index < -0.39 is 5.79 Å². The molecule has 1 saturated carbocycles. The molecule has 1 fully saturated rings. The van der Waals surface area contributed by atoms with Gasteiger partial charge in [-0.15, -0.1) is 0 Å². The third-order valence-corrected chi connectivity index (χ3v) is 2.00. The fourth-order valence-corrected chi connectivity index (χ4v) is 1.33. The second-order valence-electron chi connectivity index (χ2n) is 2.92. The Kier molecular flexibility index (Phi) is 2.62. The molecule has 0 aliphatic heterocycles. The average molecular weight is 158 g/mol. The fraction of sp³-hybridized carbons (Fsp3) is 0.875. The van der Waals surface area contributed by atoms with E-state index in [1.807, 2.05) is 6.92 Å². The maximum Gasteiger partial charge on any atom is 0.166 e. The number of ketones is 1. The second-order valence-corrected chi connectivity index (χ2v) is 2.92. The lowest BCUT2D eigenvalue weighted by atomic mass is 9.93. The van der Waals surface area contributed by atoms with Gasteiger partial charge in [0.05, 0.1) is 0 Å². The summed E-state index contributed by atoms with van der Waals surface area (Å²) >= 11 is 0. The van der Waals surface area contributed by atoms with Gasteiger partial charge in [0.2, 0.25) is 0 Å². The molecule has 1 aliphatic carbocycles. The van der Waals surface area contributed by atoms with E-state index in [-0.39, 0.29) is 5.78 Å². The first-order valence-corrected chi connectivity index (χ1v) is 4.04. The van der Waals surface area contributed by atoms with E-state index in [0.29, 0.717) is 32.3 Å². The van der Waals surface area contributed by atoms with Crippen LogP contribution in [0.5, 0.6) is 0 Å². The lowest BCUT2D eigenvalue weighted by molar-refractivity contribution is -0.216. The molecule has 0 amide bonds. The number of hydrogen-bond acceptors (Lipinski definition) is 3. The summed E-state index contributed by atoms with van der Waals surface area (Å²) in [4.78, 5) is 10.8. The molecular formula is C8H14O3. The van der Waals surface area contributed by atoms with Crippen LogP contribution in [-0.4, -0.2) is 23.3 Å². The summed E-state index contributed by atoms with van der Waals surface area (Å²) in [6.45, 7) is 2.35. The molecule has 3 nitrogen and oxygen atoms in total. The van der Waals surface area contributed by atoms with Gasteiger partial charge in [0.1, 0.15) is 5.78 Å². The van der Waals surface area contributed by atoms with E-state index in [0.717, 1.165) is 0 Å². The Labute approximate surface area is 66.4 Å². The molecule has 0 radical (unpaired) electrons. The zero-order valence-corrected chi connectivity index (χ0v) is 6.80. The molecule has 64 valence electrons. The van der Waals surface area contributed by atoms with Crippen molar-refractivity contribution < 1.29 is 14.6 Å². The van der Waals surface area contributed by atoms with Crippen molar-refractivity contribution in [2.75, 3.05) is 6.61 Å². The maximum atomic E-state index is 10.8. The van der Waals surface area contributed by atoms with Crippen LogP contribution in [0.1, 0.15) is 32.6 Å². The number of rotatable bonds is 2. The van der Waals surface area contributed by atoms with Crippen LogP contribution in [0.25, 0.3) is 0 Å². The smallest absolute Gasteiger partial charge is 0.166 e. The normalized spacial score (nSPS) is 23.6. The molecule has 0 saturated heterocycles. The van der Waals surface area contributed by atoms with Crippen molar-refractivity contribution >= 4 is 5.78 Å². The first-order chi connectivity index (χ1) is 5.16. The van der Waals surface area contributed by atoms with E-state index >= 15 is 0 Å². The third-order valence-electron chi connectivity index (χ3n) is 2.00. The number of ether oxygens (including phenoxy) is 1. The summed E-state index contributed by atoms with van der Waals surface area (Å²) in [5, 5.41) is 9.61. The van der Waals surface area contributed by atoms with E-state index in [9.17, 15) is 9.90 Å². The van der Waals surface area contributed by atoms with Crippen molar-refractivity contribution in [2.24, 2.45) is 0 Å². The van der Waals surface area contributed by atoms with Crippen LogP contribution < -0.4 is 0 Å². The summed E-state index contributed by atoms with van der Waals surface area (Å²) in [6.07, 6.45) is 1.83. The first kappa shape index (κ1) is 8.68. The molecule has 0 aromatic heterocycles. The van der Waals surface area contributed by atoms with Gasteiger partial charge in [-0.3, -0.25) is 4.79 Å². The molecule has 3 heteroatoms. The van der Waals surface area contributed by atoms with Gasteiger partial charge in [-0.1, -0.05) is 0 Å². The van der Waals surface area contributed by atoms with E-state index in [1.165, 1.54) is 0 Å². The Bertz CT molecular complexity index is 143. The van der Waals surface area contributed by atoms with Crippen LogP contribution in [0.15, 0.2) is 0 Å². The average Bonchev–Trinajstić information content (AvgIpc) is 1.97. The van der Waals surface area contributed by atoms with Crippen LogP contribution in [-0.2, 0) is 9.53 Å². The Morgan fingerprint density at radius 1 is 1.55 bits per heavy atom. The molecule has 1 N–H and O–H groups in total. The van der Waals surface area contributed by atoms with Crippen molar-refractivity contribution in [3.8, 4) is 0 Å². The van der Waals surface area contributed by atoms with Gasteiger partial charge in [0.25, 0.3) is 0 Å². The molecule has 11 heavy (non-hydrogen) atoms. The van der Waals surface area contributed by atoms with Crippen molar-refractivity contribution in [3.63, 3.8) is 0 Å². The standard InChI is InChI=1S/C8H14O3/c1-2-11-8(10)5-3-7(9)4-6-8/h10H,2-6H2,1H3. The highest BCUT2D eigenvalue weighted by Crippen LogP contribution is 2.26. The number of hydrogen-bond donors (Lipinski definition) is 1. The summed E-state index contributed by atoms with van der Waals surface area (Å²) < 4.78 is 5.12. The van der Waals surface area contributed by atoms with Gasteiger partial charge in [0.15, 0.2) is 5.79 Å². The van der Waals surface area contributed by atoms with Crippen molar-refractivity contribution in [1.29, 1.82) is 0 Å². The molecule has 0 atom stereocenters. The summed E-state index contributed by atoms with van der Waals surface area (Å²) in [6, 6.07) is 0. The molecule has 0 spiro atoms. The Balaban J connectivity index is 2.41. The molecule has 0 aromatic rings. The zero-order chi connectivity index (χ0) is 8.32. The SMILES string of the molecule is CCOC1(O)CCC(=O)CC1. The molecule has 1 rings (SSSR count). The third kappa shape index (κ3) is 2.27. The van der Waals surface area contributed by atoms with E-state index in [4.69, 9.17) is 4.74 Å². The molecule has 0 bridgehead atoms. The minimum Gasteiger partial charge on any atom is -0.365 e. The minimum atomic E-state index is -1.01. The highest BCUT2D eigenvalue weighted by molar-refractivity contribution is 5.79. The first-order valence-electron chi connectivity index (χ1n) is 4.04. The summed E-state index contributed by atoms with van der Waals surface area (Å²) in [7, 11) is 0. The molecule has 0 heterocycles. The van der Waals surface area contributed by atoms with Crippen LogP contribution in [0, 0.1) is 0 Å². The van der Waals surface area contributed by atoms with Gasteiger partial charge >= 0.3 is 0 Å². The highest BCUT2D eigenvalue weighted by atomic mass is 16.6. The number of carbonyl (C=O) groups is 1. The predicted molar refractivity (Wildman–Crippen MR) is 40.1 cm³/mol. The van der Waals surface area contributed by atoms with E-state index in [2.05, 4.69) is 0 Å². The number of carbonyl (C=O) groups excluding carboxylic acids is 1. The van der Waals surface area contributed by atoms with Crippen LogP contribution in [0.4, 0.5) is 0 Å². The van der Waals surface area contributed by atoms with Gasteiger partial charge in [-0.25, -0.2) is 0 Å². The second kappa shape index (κ2) is 3.32. The Morgan fingerprint density at radius 3 is 2.55 bits per heavy atom. The van der Waals surface area contributed by atoms with Crippen molar-refractivity contribution in [1.82, 2.24) is 0 Å².